The number of nitrogens with zero attached hydrogens (tertiary/aromatic N) is 3. The van der Waals surface area contributed by atoms with Gasteiger partial charge >= 0.3 is 11.1 Å². The van der Waals surface area contributed by atoms with E-state index in [1.165, 1.54) is 4.57 Å². The van der Waals surface area contributed by atoms with Crippen molar-refractivity contribution in [2.45, 2.75) is 19.9 Å². The molecule has 1 N–H and O–H groups in total. The highest BCUT2D eigenvalue weighted by Crippen LogP contribution is 2.35. The maximum atomic E-state index is 12.1. The van der Waals surface area contributed by atoms with Crippen LogP contribution in [-0.4, -0.2) is 26.5 Å². The fourth-order valence-electron chi connectivity index (χ4n) is 3.35. The summed E-state index contributed by atoms with van der Waals surface area (Å²) in [5.74, 6) is 2.00. The molecular weight excluding hydrogens is 376 g/mol. The lowest BCUT2D eigenvalue weighted by atomic mass is 10.1. The molecule has 0 aliphatic carbocycles. The molecule has 9 nitrogen and oxygen atoms in total. The minimum atomic E-state index is -0.655. The van der Waals surface area contributed by atoms with Crippen LogP contribution in [-0.2, 0) is 6.54 Å². The van der Waals surface area contributed by atoms with Crippen LogP contribution in [0, 0.1) is 0 Å². The summed E-state index contributed by atoms with van der Waals surface area (Å²) in [6, 6.07) is 10.7. The average Bonchev–Trinajstić information content (AvgIpc) is 3.40. The normalized spacial score (nSPS) is 12.6. The van der Waals surface area contributed by atoms with E-state index >= 15 is 0 Å². The number of rotatable bonds is 4. The second-order valence-corrected chi connectivity index (χ2v) is 6.63. The number of aryl methyl sites for hydroxylation is 1. The van der Waals surface area contributed by atoms with Gasteiger partial charge in [0.15, 0.2) is 11.5 Å². The van der Waals surface area contributed by atoms with Gasteiger partial charge in [-0.2, -0.15) is 4.98 Å². The monoisotopic (exact) mass is 392 g/mol. The molecule has 0 radical (unpaired) electrons. The van der Waals surface area contributed by atoms with E-state index in [0.29, 0.717) is 51.9 Å². The minimum Gasteiger partial charge on any atom is -0.454 e. The number of H-pyrrole nitrogens is 1. The largest absolute Gasteiger partial charge is 0.454 e. The standard InChI is InChI=1S/C20H16N4O5/c1-2-7-24-14-5-3-11(8-13(14)21-18(25)20(24)26)17-22-19(29-23-17)12-4-6-15-16(9-12)28-10-27-15/h3-6,8-9H,2,7,10H2,1H3,(H,21,25). The van der Waals surface area contributed by atoms with Crippen LogP contribution in [0.5, 0.6) is 11.5 Å². The van der Waals surface area contributed by atoms with Gasteiger partial charge in [0.1, 0.15) is 0 Å². The molecule has 5 rings (SSSR count). The fourth-order valence-corrected chi connectivity index (χ4v) is 3.35. The van der Waals surface area contributed by atoms with Crippen molar-refractivity contribution in [3.63, 3.8) is 0 Å². The maximum Gasteiger partial charge on any atom is 0.316 e. The molecular formula is C20H16N4O5. The fraction of sp³-hybridized carbons (Fsp3) is 0.200. The highest BCUT2D eigenvalue weighted by atomic mass is 16.7. The summed E-state index contributed by atoms with van der Waals surface area (Å²) < 4.78 is 17.6. The Morgan fingerprint density at radius 1 is 1.07 bits per heavy atom. The molecule has 0 spiro atoms. The van der Waals surface area contributed by atoms with E-state index in [9.17, 15) is 9.59 Å². The van der Waals surface area contributed by atoms with Gasteiger partial charge < -0.3 is 23.5 Å². The van der Waals surface area contributed by atoms with E-state index < -0.39 is 11.1 Å². The molecule has 1 aliphatic heterocycles. The summed E-state index contributed by atoms with van der Waals surface area (Å²) in [5.41, 5.74) is 1.34. The molecule has 2 aromatic heterocycles. The van der Waals surface area contributed by atoms with Crippen LogP contribution in [0.25, 0.3) is 33.9 Å². The van der Waals surface area contributed by atoms with Crippen molar-refractivity contribution in [3.8, 4) is 34.3 Å². The Kier molecular flexibility index (Phi) is 3.94. The number of nitrogens with one attached hydrogen (secondary N) is 1. The molecule has 0 saturated heterocycles. The minimum absolute atomic E-state index is 0.187. The number of benzene rings is 2. The van der Waals surface area contributed by atoms with Gasteiger partial charge in [0.25, 0.3) is 5.89 Å². The lowest BCUT2D eigenvalue weighted by molar-refractivity contribution is 0.174. The summed E-state index contributed by atoms with van der Waals surface area (Å²) in [5, 5.41) is 4.04. The molecule has 1 aliphatic rings. The van der Waals surface area contributed by atoms with Gasteiger partial charge in [-0.3, -0.25) is 9.59 Å². The molecule has 0 unspecified atom stereocenters. The van der Waals surface area contributed by atoms with Gasteiger partial charge in [0.2, 0.25) is 12.6 Å². The quantitative estimate of drug-likeness (QED) is 0.531. The number of aromatic nitrogens is 4. The Bertz CT molecular complexity index is 1350. The Balaban J connectivity index is 1.56. The smallest absolute Gasteiger partial charge is 0.316 e. The van der Waals surface area contributed by atoms with E-state index in [2.05, 4.69) is 15.1 Å². The van der Waals surface area contributed by atoms with Crippen LogP contribution in [0.1, 0.15) is 13.3 Å². The molecule has 4 aromatic rings. The first kappa shape index (κ1) is 17.2. The summed E-state index contributed by atoms with van der Waals surface area (Å²) in [4.78, 5) is 31.2. The van der Waals surface area contributed by atoms with Crippen molar-refractivity contribution in [1.29, 1.82) is 0 Å². The molecule has 0 fully saturated rings. The van der Waals surface area contributed by atoms with Crippen molar-refractivity contribution in [2.75, 3.05) is 6.79 Å². The van der Waals surface area contributed by atoms with Gasteiger partial charge in [-0.05, 0) is 42.8 Å². The third kappa shape index (κ3) is 2.87. The first-order valence-electron chi connectivity index (χ1n) is 9.15. The van der Waals surface area contributed by atoms with E-state index in [1.807, 2.05) is 13.0 Å². The van der Waals surface area contributed by atoms with Gasteiger partial charge in [0.05, 0.1) is 11.0 Å². The molecule has 0 saturated carbocycles. The van der Waals surface area contributed by atoms with Crippen molar-refractivity contribution < 1.29 is 14.0 Å². The Morgan fingerprint density at radius 2 is 1.90 bits per heavy atom. The summed E-state index contributed by atoms with van der Waals surface area (Å²) in [7, 11) is 0. The third-order valence-electron chi connectivity index (χ3n) is 4.73. The van der Waals surface area contributed by atoms with E-state index in [4.69, 9.17) is 14.0 Å². The zero-order valence-electron chi connectivity index (χ0n) is 15.5. The van der Waals surface area contributed by atoms with Crippen LogP contribution < -0.4 is 20.6 Å². The van der Waals surface area contributed by atoms with Gasteiger partial charge in [-0.1, -0.05) is 12.1 Å². The SMILES string of the molecule is CCCn1c(=O)c(=O)[nH]c2cc(-c3noc(-c4ccc5c(c4)OCO5)n3)ccc21. The number of ether oxygens (including phenoxy) is 2. The Hall–Kier alpha value is -3.88. The van der Waals surface area contributed by atoms with Crippen molar-refractivity contribution in [1.82, 2.24) is 19.7 Å². The number of aromatic amines is 1. The lowest BCUT2D eigenvalue weighted by Crippen LogP contribution is -2.36. The molecule has 0 bridgehead atoms. The predicted octanol–water partition coefficient (Wildman–Crippen LogP) is 2.55. The van der Waals surface area contributed by atoms with Crippen molar-refractivity contribution >= 4 is 11.0 Å². The molecule has 9 heteroatoms. The van der Waals surface area contributed by atoms with E-state index in [-0.39, 0.29) is 6.79 Å². The molecule has 0 amide bonds. The number of fused-ring (bicyclic) bond motifs is 2. The lowest BCUT2D eigenvalue weighted by Gasteiger charge is -2.08. The molecule has 146 valence electrons. The van der Waals surface area contributed by atoms with Crippen molar-refractivity contribution in [2.24, 2.45) is 0 Å². The third-order valence-corrected chi connectivity index (χ3v) is 4.73. The molecule has 3 heterocycles. The van der Waals surface area contributed by atoms with Crippen LogP contribution in [0.15, 0.2) is 50.5 Å². The topological polar surface area (TPSA) is 112 Å². The summed E-state index contributed by atoms with van der Waals surface area (Å²) >= 11 is 0. The summed E-state index contributed by atoms with van der Waals surface area (Å²) in [6.07, 6.45) is 0.740. The van der Waals surface area contributed by atoms with Crippen LogP contribution in [0.2, 0.25) is 0 Å². The number of hydrogen-bond donors (Lipinski definition) is 1. The molecule has 29 heavy (non-hydrogen) atoms. The first-order chi connectivity index (χ1) is 14.1. The van der Waals surface area contributed by atoms with Crippen LogP contribution >= 0.6 is 0 Å². The zero-order chi connectivity index (χ0) is 20.0. The van der Waals surface area contributed by atoms with Crippen molar-refractivity contribution in [3.05, 3.63) is 57.1 Å². The van der Waals surface area contributed by atoms with Crippen LogP contribution in [0.4, 0.5) is 0 Å². The van der Waals surface area contributed by atoms with Gasteiger partial charge in [0, 0.05) is 17.7 Å². The van der Waals surface area contributed by atoms with E-state index in [0.717, 1.165) is 6.42 Å². The zero-order valence-corrected chi connectivity index (χ0v) is 15.5. The average molecular weight is 392 g/mol. The predicted molar refractivity (Wildman–Crippen MR) is 104 cm³/mol. The Morgan fingerprint density at radius 3 is 2.76 bits per heavy atom. The number of hydrogen-bond acceptors (Lipinski definition) is 7. The second kappa shape index (κ2) is 6.62. The van der Waals surface area contributed by atoms with Crippen LogP contribution in [0.3, 0.4) is 0 Å². The van der Waals surface area contributed by atoms with Gasteiger partial charge in [-0.15, -0.1) is 0 Å². The van der Waals surface area contributed by atoms with E-state index in [1.54, 1.807) is 30.3 Å². The highest BCUT2D eigenvalue weighted by Gasteiger charge is 2.18. The van der Waals surface area contributed by atoms with Gasteiger partial charge in [-0.25, -0.2) is 0 Å². The first-order valence-corrected chi connectivity index (χ1v) is 9.15. The molecule has 2 aromatic carbocycles. The molecule has 0 atom stereocenters. The Labute approximate surface area is 163 Å². The second-order valence-electron chi connectivity index (χ2n) is 6.63. The maximum absolute atomic E-state index is 12.1. The summed E-state index contributed by atoms with van der Waals surface area (Å²) in [6.45, 7) is 2.60. The highest BCUT2D eigenvalue weighted by molar-refractivity contribution is 5.80.